The maximum absolute atomic E-state index is 12.7. The second-order valence-corrected chi connectivity index (χ2v) is 7.03. The van der Waals surface area contributed by atoms with E-state index in [0.29, 0.717) is 11.8 Å². The van der Waals surface area contributed by atoms with Gasteiger partial charge in [0.15, 0.2) is 5.76 Å². The second-order valence-electron chi connectivity index (χ2n) is 7.03. The van der Waals surface area contributed by atoms with E-state index in [1.165, 1.54) is 19.4 Å². The van der Waals surface area contributed by atoms with Gasteiger partial charge in [0.05, 0.1) is 19.6 Å². The molecule has 25 heavy (non-hydrogen) atoms. The molecule has 2 atom stereocenters. The molecule has 2 heterocycles. The number of amides is 1. The van der Waals surface area contributed by atoms with Crippen molar-refractivity contribution in [2.75, 3.05) is 19.6 Å². The van der Waals surface area contributed by atoms with Gasteiger partial charge in [0.25, 0.3) is 5.91 Å². The van der Waals surface area contributed by atoms with E-state index < -0.39 is 0 Å². The summed E-state index contributed by atoms with van der Waals surface area (Å²) in [6.07, 6.45) is 2.44. The minimum absolute atomic E-state index is 0.0971. The first kappa shape index (κ1) is 16.2. The molecule has 0 saturated carbocycles. The van der Waals surface area contributed by atoms with Crippen LogP contribution >= 0.6 is 0 Å². The molecular weight excluding hydrogens is 312 g/mol. The fourth-order valence-corrected chi connectivity index (χ4v) is 4.16. The number of quaternary nitrogens is 1. The standard InChI is InChI=1S/C21H24N2O2/c1-3-23-12-6-8-16(23)13-22-21(24)19-14(2)17-11-10-15-7-4-5-9-18(15)20(17)25-19/h4-5,7,9-11,16H,3,6,8,12-13H2,1-2H3,(H,22,24)/p+1/t16-/m1/s1. The van der Waals surface area contributed by atoms with Gasteiger partial charge in [-0.1, -0.05) is 36.4 Å². The number of benzene rings is 2. The van der Waals surface area contributed by atoms with Gasteiger partial charge in [0.2, 0.25) is 0 Å². The van der Waals surface area contributed by atoms with Gasteiger partial charge in [-0.3, -0.25) is 4.79 Å². The third-order valence-corrected chi connectivity index (χ3v) is 5.63. The van der Waals surface area contributed by atoms with Crippen LogP contribution in [-0.4, -0.2) is 31.6 Å². The summed E-state index contributed by atoms with van der Waals surface area (Å²) in [4.78, 5) is 14.3. The lowest BCUT2D eigenvalue weighted by molar-refractivity contribution is -0.909. The summed E-state index contributed by atoms with van der Waals surface area (Å²) >= 11 is 0. The number of furan rings is 1. The molecule has 1 fully saturated rings. The van der Waals surface area contributed by atoms with Crippen LogP contribution in [0.4, 0.5) is 0 Å². The Balaban J connectivity index is 1.61. The average molecular weight is 337 g/mol. The Labute approximate surface area is 147 Å². The van der Waals surface area contributed by atoms with Crippen LogP contribution in [0.3, 0.4) is 0 Å². The van der Waals surface area contributed by atoms with Crippen LogP contribution in [0.25, 0.3) is 21.7 Å². The van der Waals surface area contributed by atoms with E-state index in [0.717, 1.165) is 40.4 Å². The number of aryl methyl sites for hydroxylation is 1. The zero-order chi connectivity index (χ0) is 17.4. The van der Waals surface area contributed by atoms with Crippen molar-refractivity contribution >= 4 is 27.6 Å². The molecule has 2 N–H and O–H groups in total. The molecule has 1 aromatic heterocycles. The van der Waals surface area contributed by atoms with Crippen molar-refractivity contribution in [3.63, 3.8) is 0 Å². The van der Waals surface area contributed by atoms with E-state index in [-0.39, 0.29) is 5.91 Å². The maximum Gasteiger partial charge on any atom is 0.287 e. The largest absolute Gasteiger partial charge is 0.450 e. The molecule has 1 amide bonds. The van der Waals surface area contributed by atoms with Crippen LogP contribution in [0, 0.1) is 6.92 Å². The Morgan fingerprint density at radius 1 is 1.24 bits per heavy atom. The molecule has 1 unspecified atom stereocenters. The van der Waals surface area contributed by atoms with Gasteiger partial charge in [0.1, 0.15) is 11.6 Å². The van der Waals surface area contributed by atoms with Crippen molar-refractivity contribution in [1.29, 1.82) is 0 Å². The van der Waals surface area contributed by atoms with Crippen LogP contribution in [0.1, 0.15) is 35.9 Å². The maximum atomic E-state index is 12.7. The fourth-order valence-electron chi connectivity index (χ4n) is 4.16. The Morgan fingerprint density at radius 3 is 2.92 bits per heavy atom. The Morgan fingerprint density at radius 2 is 2.08 bits per heavy atom. The van der Waals surface area contributed by atoms with Crippen molar-refractivity contribution in [1.82, 2.24) is 5.32 Å². The van der Waals surface area contributed by atoms with E-state index in [9.17, 15) is 4.79 Å². The van der Waals surface area contributed by atoms with Crippen LogP contribution in [0.15, 0.2) is 40.8 Å². The van der Waals surface area contributed by atoms with Crippen molar-refractivity contribution in [3.05, 3.63) is 47.7 Å². The molecule has 4 heteroatoms. The van der Waals surface area contributed by atoms with Gasteiger partial charge in [-0.2, -0.15) is 0 Å². The number of rotatable bonds is 4. The quantitative estimate of drug-likeness (QED) is 0.769. The van der Waals surface area contributed by atoms with Crippen LogP contribution in [-0.2, 0) is 0 Å². The molecule has 4 nitrogen and oxygen atoms in total. The monoisotopic (exact) mass is 337 g/mol. The van der Waals surface area contributed by atoms with Crippen LogP contribution in [0.2, 0.25) is 0 Å². The lowest BCUT2D eigenvalue weighted by atomic mass is 10.1. The van der Waals surface area contributed by atoms with Crippen molar-refractivity contribution in [3.8, 4) is 0 Å². The van der Waals surface area contributed by atoms with E-state index >= 15 is 0 Å². The number of nitrogens with one attached hydrogen (secondary N) is 2. The summed E-state index contributed by atoms with van der Waals surface area (Å²) in [6.45, 7) is 7.24. The fraction of sp³-hybridized carbons (Fsp3) is 0.381. The summed E-state index contributed by atoms with van der Waals surface area (Å²) in [5.74, 6) is 0.350. The minimum atomic E-state index is -0.0971. The Hall–Kier alpha value is -2.33. The van der Waals surface area contributed by atoms with E-state index in [1.807, 2.05) is 31.2 Å². The molecule has 1 aliphatic rings. The van der Waals surface area contributed by atoms with Crippen molar-refractivity contribution in [2.45, 2.75) is 32.7 Å². The molecule has 1 aliphatic heterocycles. The van der Waals surface area contributed by atoms with Crippen LogP contribution in [0.5, 0.6) is 0 Å². The number of carbonyl (C=O) groups excluding carboxylic acids is 1. The molecule has 0 radical (unpaired) electrons. The predicted octanol–water partition coefficient (Wildman–Crippen LogP) is 2.69. The predicted molar refractivity (Wildman–Crippen MR) is 100 cm³/mol. The first-order valence-corrected chi connectivity index (χ1v) is 9.22. The van der Waals surface area contributed by atoms with Gasteiger partial charge in [0, 0.05) is 29.2 Å². The number of likely N-dealkylation sites (tertiary alicyclic amines) is 1. The Bertz CT molecular complexity index is 928. The van der Waals surface area contributed by atoms with E-state index in [1.54, 1.807) is 4.90 Å². The SMILES string of the molecule is CC[NH+]1CCC[C@@H]1CNC(=O)c1oc2c(ccc3ccccc32)c1C. The number of hydrogen-bond donors (Lipinski definition) is 2. The summed E-state index contributed by atoms with van der Waals surface area (Å²) in [7, 11) is 0. The number of carbonyl (C=O) groups is 1. The normalized spacial score (nSPS) is 20.4. The number of fused-ring (bicyclic) bond motifs is 3. The summed E-state index contributed by atoms with van der Waals surface area (Å²) in [5.41, 5.74) is 1.73. The third-order valence-electron chi connectivity index (χ3n) is 5.63. The summed E-state index contributed by atoms with van der Waals surface area (Å²) in [5, 5.41) is 6.30. The van der Waals surface area contributed by atoms with Crippen molar-refractivity contribution in [2.24, 2.45) is 0 Å². The van der Waals surface area contributed by atoms with Gasteiger partial charge in [-0.15, -0.1) is 0 Å². The lowest BCUT2D eigenvalue weighted by Crippen LogP contribution is -3.14. The zero-order valence-electron chi connectivity index (χ0n) is 14.9. The molecule has 1 saturated heterocycles. The lowest BCUT2D eigenvalue weighted by Gasteiger charge is -2.19. The first-order valence-electron chi connectivity index (χ1n) is 9.22. The highest BCUT2D eigenvalue weighted by Gasteiger charge is 2.28. The van der Waals surface area contributed by atoms with Gasteiger partial charge in [-0.05, 0) is 19.2 Å². The van der Waals surface area contributed by atoms with Crippen molar-refractivity contribution < 1.29 is 14.1 Å². The highest BCUT2D eigenvalue weighted by atomic mass is 16.3. The molecule has 0 bridgehead atoms. The average Bonchev–Trinajstić information content (AvgIpc) is 3.24. The van der Waals surface area contributed by atoms with Gasteiger partial charge in [-0.25, -0.2) is 0 Å². The molecule has 3 aromatic rings. The molecule has 4 rings (SSSR count). The Kier molecular flexibility index (Phi) is 4.22. The van der Waals surface area contributed by atoms with E-state index in [4.69, 9.17) is 4.42 Å². The van der Waals surface area contributed by atoms with Gasteiger partial charge >= 0.3 is 0 Å². The highest BCUT2D eigenvalue weighted by Crippen LogP contribution is 2.31. The third kappa shape index (κ3) is 2.81. The molecule has 130 valence electrons. The second kappa shape index (κ2) is 6.52. The van der Waals surface area contributed by atoms with E-state index in [2.05, 4.69) is 24.4 Å². The smallest absolute Gasteiger partial charge is 0.287 e. The molecular formula is C21H25N2O2+. The minimum Gasteiger partial charge on any atom is -0.450 e. The molecule has 2 aromatic carbocycles. The molecule has 0 spiro atoms. The highest BCUT2D eigenvalue weighted by molar-refractivity contribution is 6.08. The molecule has 0 aliphatic carbocycles. The zero-order valence-corrected chi connectivity index (χ0v) is 14.9. The summed E-state index contributed by atoms with van der Waals surface area (Å²) in [6, 6.07) is 12.8. The number of likely N-dealkylation sites (N-methyl/N-ethyl adjacent to an activating group) is 1. The first-order chi connectivity index (χ1) is 12.2. The summed E-state index contributed by atoms with van der Waals surface area (Å²) < 4.78 is 6.02. The van der Waals surface area contributed by atoms with Crippen LogP contribution < -0.4 is 10.2 Å². The topological polar surface area (TPSA) is 46.7 Å². The number of hydrogen-bond acceptors (Lipinski definition) is 2. The van der Waals surface area contributed by atoms with Gasteiger partial charge < -0.3 is 14.6 Å².